The molecule has 0 fully saturated rings. The number of carbonyl (C=O) groups is 2. The Morgan fingerprint density at radius 2 is 1.85 bits per heavy atom. The van der Waals surface area contributed by atoms with Crippen LogP contribution in [0.1, 0.15) is 47.1 Å². The van der Waals surface area contributed by atoms with E-state index in [0.717, 1.165) is 38.6 Å². The molecule has 9 nitrogen and oxygen atoms in total. The van der Waals surface area contributed by atoms with E-state index in [4.69, 9.17) is 14.1 Å². The van der Waals surface area contributed by atoms with Crippen molar-refractivity contribution < 1.29 is 24.1 Å². The molecular formula is C31H40N5O4+. The lowest BCUT2D eigenvalue weighted by atomic mass is 10.0. The largest absolute Gasteiger partial charge is 0.452 e. The van der Waals surface area contributed by atoms with Crippen molar-refractivity contribution in [2.45, 2.75) is 60.1 Å². The standard InChI is InChI=1S/C31H39N5O4/c1-8-32-22-16-25-24(15-19(22)4)35-28-21-12-10-9-11-20(21)23(17-26(28)39-25)33-13-14-34-29(37)27(18(2)3)36-30(38)40-31(5,6)7/h9-12,15-18,27,33H,8,13-14H2,1-7H3,(H,34,37)(H,36,38)/p+1. The van der Waals surface area contributed by atoms with E-state index >= 15 is 0 Å². The summed E-state index contributed by atoms with van der Waals surface area (Å²) in [6.07, 6.45) is -0.605. The van der Waals surface area contributed by atoms with E-state index in [1.165, 1.54) is 0 Å². The number of benzene rings is 3. The summed E-state index contributed by atoms with van der Waals surface area (Å²) in [5.74, 6) is 0.349. The predicted octanol–water partition coefficient (Wildman–Crippen LogP) is 4.18. The second-order valence-electron chi connectivity index (χ2n) is 11.3. The van der Waals surface area contributed by atoms with Gasteiger partial charge in [-0.1, -0.05) is 32.0 Å². The van der Waals surface area contributed by atoms with Crippen LogP contribution in [0, 0.1) is 12.8 Å². The topological polar surface area (TPSA) is 122 Å². The second-order valence-corrected chi connectivity index (χ2v) is 11.3. The highest BCUT2D eigenvalue weighted by molar-refractivity contribution is 6.08. The molecule has 0 aromatic heterocycles. The van der Waals surface area contributed by atoms with Gasteiger partial charge >= 0.3 is 6.09 Å². The molecule has 2 aromatic rings. The molecule has 40 heavy (non-hydrogen) atoms. The van der Waals surface area contributed by atoms with Crippen LogP contribution in [0.5, 0.6) is 0 Å². The number of fused-ring (bicyclic) bond motifs is 4. The molecule has 9 heteroatoms. The van der Waals surface area contributed by atoms with Crippen LogP contribution < -0.4 is 21.3 Å². The predicted molar refractivity (Wildman–Crippen MR) is 156 cm³/mol. The molecule has 2 amide bonds. The van der Waals surface area contributed by atoms with Crippen molar-refractivity contribution in [1.29, 1.82) is 0 Å². The normalized spacial score (nSPS) is 13.2. The lowest BCUT2D eigenvalue weighted by Gasteiger charge is -2.25. The molecule has 0 saturated heterocycles. The fourth-order valence-electron chi connectivity index (χ4n) is 4.64. The summed E-state index contributed by atoms with van der Waals surface area (Å²) in [6.45, 7) is 14.9. The number of nitrogens with two attached hydrogens (primary N) is 1. The first-order valence-electron chi connectivity index (χ1n) is 13.8. The number of aromatic nitrogens is 1. The Bertz CT molecular complexity index is 1570. The third kappa shape index (κ3) is 6.77. The molecule has 1 aliphatic carbocycles. The SMILES string of the molecule is CCN=c1cc2oc3cc([NH2+]CCNC(=O)C(NC(=O)OC(C)(C)C)C(C)C)c4ccccc4c3nc-2cc1C. The number of alkyl carbamates (subject to hydrolysis) is 1. The van der Waals surface area contributed by atoms with Crippen molar-refractivity contribution in [2.24, 2.45) is 10.9 Å². The van der Waals surface area contributed by atoms with Gasteiger partial charge in [-0.2, -0.15) is 0 Å². The number of nitrogens with one attached hydrogen (secondary N) is 2. The van der Waals surface area contributed by atoms with E-state index in [2.05, 4.69) is 27.0 Å². The smallest absolute Gasteiger partial charge is 0.408 e. The van der Waals surface area contributed by atoms with Crippen LogP contribution in [0.2, 0.25) is 0 Å². The van der Waals surface area contributed by atoms with Crippen LogP contribution in [0.15, 0.2) is 51.9 Å². The number of hydrogen-bond donors (Lipinski definition) is 3. The number of amides is 2. The monoisotopic (exact) mass is 546 g/mol. The zero-order valence-corrected chi connectivity index (χ0v) is 24.4. The van der Waals surface area contributed by atoms with Crippen molar-refractivity contribution in [1.82, 2.24) is 15.6 Å². The average Bonchev–Trinajstić information content (AvgIpc) is 2.88. The first kappa shape index (κ1) is 29.0. The van der Waals surface area contributed by atoms with Gasteiger partial charge in [0, 0.05) is 29.4 Å². The molecule has 0 radical (unpaired) electrons. The lowest BCUT2D eigenvalue weighted by molar-refractivity contribution is -0.567. The van der Waals surface area contributed by atoms with Gasteiger partial charge in [0.25, 0.3) is 0 Å². The minimum Gasteiger partial charge on any atom is -0.452 e. The van der Waals surface area contributed by atoms with Crippen LogP contribution in [-0.4, -0.2) is 48.3 Å². The van der Waals surface area contributed by atoms with Crippen LogP contribution in [0.3, 0.4) is 0 Å². The zero-order chi connectivity index (χ0) is 29.0. The van der Waals surface area contributed by atoms with Crippen LogP contribution in [0.4, 0.5) is 10.5 Å². The Labute approximate surface area is 234 Å². The third-order valence-corrected chi connectivity index (χ3v) is 6.50. The zero-order valence-electron chi connectivity index (χ0n) is 24.4. The van der Waals surface area contributed by atoms with E-state index in [1.54, 1.807) is 20.8 Å². The molecule has 0 spiro atoms. The first-order valence-corrected chi connectivity index (χ1v) is 13.8. The molecule has 1 unspecified atom stereocenters. The molecule has 2 aromatic carbocycles. The molecule has 0 bridgehead atoms. The van der Waals surface area contributed by atoms with E-state index in [-0.39, 0.29) is 11.8 Å². The van der Waals surface area contributed by atoms with Gasteiger partial charge in [0.2, 0.25) is 5.91 Å². The van der Waals surface area contributed by atoms with Crippen LogP contribution >= 0.6 is 0 Å². The van der Waals surface area contributed by atoms with Gasteiger partial charge in [0.1, 0.15) is 28.5 Å². The number of aryl methyl sites for hydroxylation is 1. The van der Waals surface area contributed by atoms with E-state index < -0.39 is 17.7 Å². The van der Waals surface area contributed by atoms with Crippen molar-refractivity contribution in [3.63, 3.8) is 0 Å². The first-order chi connectivity index (χ1) is 19.0. The van der Waals surface area contributed by atoms with Crippen molar-refractivity contribution in [3.8, 4) is 11.5 Å². The van der Waals surface area contributed by atoms with Gasteiger partial charge in [0.15, 0.2) is 11.3 Å². The fraction of sp³-hybridized carbons (Fsp3) is 0.419. The average molecular weight is 547 g/mol. The van der Waals surface area contributed by atoms with Crippen molar-refractivity contribution in [3.05, 3.63) is 53.4 Å². The van der Waals surface area contributed by atoms with Gasteiger partial charge in [-0.25, -0.2) is 9.78 Å². The summed E-state index contributed by atoms with van der Waals surface area (Å²) in [4.78, 5) is 34.6. The molecule has 1 heterocycles. The molecule has 1 atom stereocenters. The van der Waals surface area contributed by atoms with Gasteiger partial charge in [0.05, 0.1) is 18.4 Å². The minimum absolute atomic E-state index is 0.0979. The summed E-state index contributed by atoms with van der Waals surface area (Å²) < 4.78 is 11.7. The molecular weight excluding hydrogens is 506 g/mol. The summed E-state index contributed by atoms with van der Waals surface area (Å²) in [5.41, 5.74) is 3.72. The third-order valence-electron chi connectivity index (χ3n) is 6.50. The molecule has 4 N–H and O–H groups in total. The van der Waals surface area contributed by atoms with Gasteiger partial charge in [-0.05, 0) is 58.2 Å². The maximum absolute atomic E-state index is 12.9. The Morgan fingerprint density at radius 3 is 2.52 bits per heavy atom. The van der Waals surface area contributed by atoms with E-state index in [1.807, 2.05) is 64.1 Å². The number of quaternary nitrogens is 1. The maximum Gasteiger partial charge on any atom is 0.408 e. The molecule has 1 aliphatic heterocycles. The van der Waals surface area contributed by atoms with Crippen LogP contribution in [0.25, 0.3) is 33.3 Å². The highest BCUT2D eigenvalue weighted by atomic mass is 16.6. The number of nitrogens with zero attached hydrogens (tertiary/aromatic N) is 2. The second kappa shape index (κ2) is 12.0. The number of carbonyl (C=O) groups excluding carboxylic acids is 2. The number of rotatable bonds is 8. The van der Waals surface area contributed by atoms with Gasteiger partial charge in [-0.15, -0.1) is 0 Å². The number of ether oxygens (including phenoxy) is 1. The quantitative estimate of drug-likeness (QED) is 0.132. The van der Waals surface area contributed by atoms with Gasteiger partial charge < -0.3 is 25.1 Å². The fourth-order valence-corrected chi connectivity index (χ4v) is 4.64. The summed E-state index contributed by atoms with van der Waals surface area (Å²) in [5, 5.41) is 10.7. The van der Waals surface area contributed by atoms with E-state index in [9.17, 15) is 9.59 Å². The summed E-state index contributed by atoms with van der Waals surface area (Å²) in [7, 11) is 0. The molecule has 0 saturated carbocycles. The number of hydrogen-bond acceptors (Lipinski definition) is 6. The minimum atomic E-state index is -0.692. The van der Waals surface area contributed by atoms with E-state index in [0.29, 0.717) is 31.0 Å². The Balaban J connectivity index is 1.53. The lowest BCUT2D eigenvalue weighted by Crippen LogP contribution is -2.80. The Hall–Kier alpha value is -3.98. The summed E-state index contributed by atoms with van der Waals surface area (Å²) >= 11 is 0. The highest BCUT2D eigenvalue weighted by Gasteiger charge is 2.27. The van der Waals surface area contributed by atoms with Crippen molar-refractivity contribution >= 4 is 39.6 Å². The molecule has 212 valence electrons. The molecule has 4 rings (SSSR count). The Morgan fingerprint density at radius 1 is 1.12 bits per heavy atom. The highest BCUT2D eigenvalue weighted by Crippen LogP contribution is 2.32. The van der Waals surface area contributed by atoms with Crippen molar-refractivity contribution in [2.75, 3.05) is 19.6 Å². The Kier molecular flexibility index (Phi) is 8.73. The maximum atomic E-state index is 12.9. The van der Waals surface area contributed by atoms with Crippen LogP contribution in [-0.2, 0) is 9.53 Å². The van der Waals surface area contributed by atoms with Gasteiger partial charge in [-0.3, -0.25) is 9.79 Å². The summed E-state index contributed by atoms with van der Waals surface area (Å²) in [6, 6.07) is 13.4. The molecule has 2 aliphatic rings.